The summed E-state index contributed by atoms with van der Waals surface area (Å²) in [6.45, 7) is 0.202. The number of amides is 1. The molecule has 1 aromatic carbocycles. The van der Waals surface area contributed by atoms with Crippen molar-refractivity contribution in [2.75, 3.05) is 24.7 Å². The van der Waals surface area contributed by atoms with E-state index in [0.717, 1.165) is 19.1 Å². The lowest BCUT2D eigenvalue weighted by Crippen LogP contribution is -2.38. The van der Waals surface area contributed by atoms with Gasteiger partial charge in [0.2, 0.25) is 15.9 Å². The summed E-state index contributed by atoms with van der Waals surface area (Å²) < 4.78 is 25.1. The van der Waals surface area contributed by atoms with Gasteiger partial charge in [-0.1, -0.05) is 29.8 Å². The van der Waals surface area contributed by atoms with Crippen LogP contribution in [-0.2, 0) is 14.8 Å². The molecule has 1 aromatic rings. The van der Waals surface area contributed by atoms with Gasteiger partial charge < -0.3 is 5.32 Å². The second-order valence-corrected chi connectivity index (χ2v) is 7.85. The highest BCUT2D eigenvalue weighted by Crippen LogP contribution is 2.20. The zero-order valence-corrected chi connectivity index (χ0v) is 14.3. The first-order chi connectivity index (χ1) is 10.9. The highest BCUT2D eigenvalue weighted by atomic mass is 32.2. The van der Waals surface area contributed by atoms with Gasteiger partial charge in [0.25, 0.3) is 0 Å². The van der Waals surface area contributed by atoms with E-state index in [1.165, 1.54) is 22.7 Å². The molecule has 0 aliphatic heterocycles. The van der Waals surface area contributed by atoms with Crippen molar-refractivity contribution in [2.45, 2.75) is 32.1 Å². The molecule has 0 saturated carbocycles. The molecule has 126 valence electrons. The van der Waals surface area contributed by atoms with Gasteiger partial charge in [-0.2, -0.15) is 4.31 Å². The molecule has 1 aliphatic carbocycles. The molecule has 5 nitrogen and oxygen atoms in total. The predicted molar refractivity (Wildman–Crippen MR) is 92.7 cm³/mol. The Labute approximate surface area is 138 Å². The van der Waals surface area contributed by atoms with Crippen LogP contribution in [0.5, 0.6) is 0 Å². The predicted octanol–water partition coefficient (Wildman–Crippen LogP) is 2.78. The summed E-state index contributed by atoms with van der Waals surface area (Å²) in [5.41, 5.74) is 1.97. The van der Waals surface area contributed by atoms with Crippen molar-refractivity contribution in [1.82, 2.24) is 4.31 Å². The Morgan fingerprint density at radius 2 is 1.96 bits per heavy atom. The maximum Gasteiger partial charge on any atom is 0.239 e. The molecule has 0 saturated heterocycles. The lowest BCUT2D eigenvalue weighted by Gasteiger charge is -2.21. The summed E-state index contributed by atoms with van der Waals surface area (Å²) in [5, 5.41) is 2.72. The van der Waals surface area contributed by atoms with Crippen LogP contribution in [0.2, 0.25) is 0 Å². The fourth-order valence-electron chi connectivity index (χ4n) is 2.64. The standard InChI is InChI=1S/C17H24N2O3S/c1-23(21,22)19(13-12-15-8-4-2-5-9-15)14-17(20)18-16-10-6-3-7-11-16/h3,6-8,10-11H,2,4-5,9,12-14H2,1H3,(H,18,20). The summed E-state index contributed by atoms with van der Waals surface area (Å²) in [5.74, 6) is -0.320. The van der Waals surface area contributed by atoms with E-state index in [9.17, 15) is 13.2 Å². The van der Waals surface area contributed by atoms with Crippen molar-refractivity contribution in [1.29, 1.82) is 0 Å². The molecule has 0 heterocycles. The molecular formula is C17H24N2O3S. The molecule has 0 radical (unpaired) electrons. The quantitative estimate of drug-likeness (QED) is 0.779. The zero-order chi connectivity index (χ0) is 16.7. The first-order valence-corrected chi connectivity index (χ1v) is 9.78. The molecule has 1 aliphatic rings. The number of hydrogen-bond donors (Lipinski definition) is 1. The number of hydrogen-bond acceptors (Lipinski definition) is 3. The molecule has 0 bridgehead atoms. The molecular weight excluding hydrogens is 312 g/mol. The fraction of sp³-hybridized carbons (Fsp3) is 0.471. The number of benzene rings is 1. The van der Waals surface area contributed by atoms with Crippen LogP contribution in [0.25, 0.3) is 0 Å². The SMILES string of the molecule is CS(=O)(=O)N(CCC1=CCCCC1)CC(=O)Nc1ccccc1. The van der Waals surface area contributed by atoms with E-state index < -0.39 is 10.0 Å². The van der Waals surface area contributed by atoms with Gasteiger partial charge in [-0.3, -0.25) is 4.79 Å². The summed E-state index contributed by atoms with van der Waals surface area (Å²) in [6, 6.07) is 9.04. The van der Waals surface area contributed by atoms with Crippen LogP contribution >= 0.6 is 0 Å². The maximum atomic E-state index is 12.1. The van der Waals surface area contributed by atoms with E-state index in [4.69, 9.17) is 0 Å². The van der Waals surface area contributed by atoms with Crippen LogP contribution in [-0.4, -0.2) is 38.0 Å². The number of para-hydroxylation sites is 1. The van der Waals surface area contributed by atoms with E-state index in [0.29, 0.717) is 18.7 Å². The molecule has 6 heteroatoms. The minimum absolute atomic E-state index is 0.152. The molecule has 2 rings (SSSR count). The molecule has 1 N–H and O–H groups in total. The third-order valence-corrected chi connectivity index (χ3v) is 5.16. The van der Waals surface area contributed by atoms with Crippen LogP contribution in [0.3, 0.4) is 0 Å². The van der Waals surface area contributed by atoms with Crippen LogP contribution in [0.15, 0.2) is 42.0 Å². The minimum Gasteiger partial charge on any atom is -0.325 e. The number of rotatable bonds is 7. The summed E-state index contributed by atoms with van der Waals surface area (Å²) in [4.78, 5) is 12.1. The molecule has 0 aromatic heterocycles. The van der Waals surface area contributed by atoms with Gasteiger partial charge in [0.05, 0.1) is 12.8 Å². The Morgan fingerprint density at radius 1 is 1.22 bits per heavy atom. The van der Waals surface area contributed by atoms with Crippen molar-refractivity contribution in [3.8, 4) is 0 Å². The summed E-state index contributed by atoms with van der Waals surface area (Å²) >= 11 is 0. The van der Waals surface area contributed by atoms with Gasteiger partial charge in [-0.15, -0.1) is 0 Å². The van der Waals surface area contributed by atoms with E-state index in [1.807, 2.05) is 18.2 Å². The van der Waals surface area contributed by atoms with Crippen molar-refractivity contribution in [3.05, 3.63) is 42.0 Å². The van der Waals surface area contributed by atoms with E-state index in [2.05, 4.69) is 11.4 Å². The minimum atomic E-state index is -3.41. The van der Waals surface area contributed by atoms with Gasteiger partial charge >= 0.3 is 0 Å². The first-order valence-electron chi connectivity index (χ1n) is 7.93. The van der Waals surface area contributed by atoms with Crippen molar-refractivity contribution >= 4 is 21.6 Å². The third kappa shape index (κ3) is 6.15. The molecule has 0 fully saturated rings. The van der Waals surface area contributed by atoms with E-state index >= 15 is 0 Å². The number of carbonyl (C=O) groups excluding carboxylic acids is 1. The molecule has 1 amide bonds. The number of anilines is 1. The monoisotopic (exact) mass is 336 g/mol. The van der Waals surface area contributed by atoms with Crippen LogP contribution in [0.4, 0.5) is 5.69 Å². The van der Waals surface area contributed by atoms with Gasteiger partial charge in [0.1, 0.15) is 0 Å². The normalized spacial score (nSPS) is 15.3. The van der Waals surface area contributed by atoms with Crippen LogP contribution in [0.1, 0.15) is 32.1 Å². The zero-order valence-electron chi connectivity index (χ0n) is 13.5. The topological polar surface area (TPSA) is 66.5 Å². The second-order valence-electron chi connectivity index (χ2n) is 5.87. The number of sulfonamides is 1. The summed E-state index contributed by atoms with van der Waals surface area (Å²) in [7, 11) is -3.41. The Bertz CT molecular complexity index is 654. The lowest BCUT2D eigenvalue weighted by molar-refractivity contribution is -0.116. The second kappa shape index (κ2) is 8.26. The largest absolute Gasteiger partial charge is 0.325 e. The van der Waals surface area contributed by atoms with Crippen LogP contribution < -0.4 is 5.32 Å². The van der Waals surface area contributed by atoms with Crippen molar-refractivity contribution in [3.63, 3.8) is 0 Å². The van der Waals surface area contributed by atoms with Gasteiger partial charge in [-0.05, 0) is 44.2 Å². The fourth-order valence-corrected chi connectivity index (χ4v) is 3.42. The smallest absolute Gasteiger partial charge is 0.239 e. The molecule has 0 spiro atoms. The van der Waals surface area contributed by atoms with Gasteiger partial charge in [0, 0.05) is 12.2 Å². The Kier molecular flexibility index (Phi) is 6.36. The maximum absolute atomic E-state index is 12.1. The average Bonchev–Trinajstić information content (AvgIpc) is 2.52. The number of nitrogens with zero attached hydrogens (tertiary/aromatic N) is 1. The summed E-state index contributed by atoms with van der Waals surface area (Å²) in [6.07, 6.45) is 8.53. The van der Waals surface area contributed by atoms with E-state index in [1.54, 1.807) is 12.1 Å². The molecule has 0 atom stereocenters. The number of nitrogens with one attached hydrogen (secondary N) is 1. The van der Waals surface area contributed by atoms with Gasteiger partial charge in [-0.25, -0.2) is 8.42 Å². The highest BCUT2D eigenvalue weighted by molar-refractivity contribution is 7.88. The molecule has 0 unspecified atom stereocenters. The van der Waals surface area contributed by atoms with E-state index in [-0.39, 0.29) is 12.5 Å². The van der Waals surface area contributed by atoms with Crippen LogP contribution in [0, 0.1) is 0 Å². The lowest BCUT2D eigenvalue weighted by atomic mass is 9.97. The average molecular weight is 336 g/mol. The Hall–Kier alpha value is -1.66. The Balaban J connectivity index is 1.93. The van der Waals surface area contributed by atoms with Gasteiger partial charge in [0.15, 0.2) is 0 Å². The third-order valence-electron chi connectivity index (χ3n) is 3.91. The van der Waals surface area contributed by atoms with Crippen molar-refractivity contribution < 1.29 is 13.2 Å². The number of allylic oxidation sites excluding steroid dienone is 1. The first kappa shape index (κ1) is 17.7. The number of carbonyl (C=O) groups is 1. The Morgan fingerprint density at radius 3 is 2.57 bits per heavy atom. The molecule has 23 heavy (non-hydrogen) atoms. The highest BCUT2D eigenvalue weighted by Gasteiger charge is 2.20. The van der Waals surface area contributed by atoms with Crippen molar-refractivity contribution in [2.24, 2.45) is 0 Å².